The molecule has 0 aliphatic heterocycles. The van der Waals surface area contributed by atoms with Gasteiger partial charge in [0.1, 0.15) is 6.15 Å². The van der Waals surface area contributed by atoms with Gasteiger partial charge in [-0.15, -0.1) is 0 Å². The molecule has 0 atom stereocenters. The van der Waals surface area contributed by atoms with Gasteiger partial charge >= 0.3 is 49.4 Å². The van der Waals surface area contributed by atoms with E-state index in [9.17, 15) is 105 Å². The third-order valence-corrected chi connectivity index (χ3v) is 10.3. The summed E-state index contributed by atoms with van der Waals surface area (Å²) in [4.78, 5) is 5.58. The van der Waals surface area contributed by atoms with E-state index in [0.29, 0.717) is 0 Å². The molecular formula is C44H24BF24NO. The molecule has 0 aliphatic carbocycles. The molecule has 6 rings (SSSR count). The Hall–Kier alpha value is -6.57. The third kappa shape index (κ3) is 13.1. The van der Waals surface area contributed by atoms with E-state index < -0.39 is 195 Å². The van der Waals surface area contributed by atoms with Crippen LogP contribution in [0.25, 0.3) is 0 Å². The lowest BCUT2D eigenvalue weighted by atomic mass is 9.12. The molecule has 6 aromatic rings. The first-order chi connectivity index (χ1) is 32.1. The zero-order valence-electron chi connectivity index (χ0n) is 34.6. The van der Waals surface area contributed by atoms with Gasteiger partial charge in [-0.25, -0.2) is 4.84 Å². The molecule has 71 heavy (non-hydrogen) atoms. The number of aromatic nitrogens is 1. The van der Waals surface area contributed by atoms with Crippen LogP contribution < -0.4 is 31.4 Å². The van der Waals surface area contributed by atoms with E-state index in [1.807, 2.05) is 61.8 Å². The lowest BCUT2D eigenvalue weighted by molar-refractivity contribution is -0.875. The summed E-state index contributed by atoms with van der Waals surface area (Å²) in [5.74, 6) is 0.848. The molecule has 0 spiro atoms. The van der Waals surface area contributed by atoms with E-state index in [-0.39, 0.29) is 0 Å². The highest BCUT2D eigenvalue weighted by molar-refractivity contribution is 7.20. The molecule has 382 valence electrons. The van der Waals surface area contributed by atoms with E-state index >= 15 is 0 Å². The van der Waals surface area contributed by atoms with Gasteiger partial charge in [0.15, 0.2) is 0 Å². The molecule has 5 aromatic carbocycles. The van der Waals surface area contributed by atoms with Crippen LogP contribution in [0.4, 0.5) is 105 Å². The number of benzene rings is 5. The van der Waals surface area contributed by atoms with Crippen molar-refractivity contribution < 1.29 is 115 Å². The van der Waals surface area contributed by atoms with E-state index in [0.717, 1.165) is 5.75 Å². The highest BCUT2D eigenvalue weighted by Gasteiger charge is 2.47. The first kappa shape index (κ1) is 55.4. The monoisotopic (exact) mass is 1050 g/mol. The number of nitrogens with zero attached hydrogens (tertiary/aromatic N) is 1. The summed E-state index contributed by atoms with van der Waals surface area (Å²) in [6.07, 6.45) is -51.1. The van der Waals surface area contributed by atoms with Crippen molar-refractivity contribution in [2.75, 3.05) is 0 Å². The van der Waals surface area contributed by atoms with Crippen LogP contribution in [-0.4, -0.2) is 6.15 Å². The van der Waals surface area contributed by atoms with Crippen molar-refractivity contribution >= 4 is 28.0 Å². The van der Waals surface area contributed by atoms with Gasteiger partial charge in [-0.05, 0) is 48.9 Å². The fourth-order valence-corrected chi connectivity index (χ4v) is 7.31. The molecule has 2 nitrogen and oxygen atoms in total. The zero-order chi connectivity index (χ0) is 53.7. The fraction of sp³-hybridized carbons (Fsp3) is 0.205. The first-order valence-electron chi connectivity index (χ1n) is 19.2. The topological polar surface area (TPSA) is 13.1 Å². The van der Waals surface area contributed by atoms with Gasteiger partial charge in [-0.2, -0.15) is 127 Å². The minimum atomic E-state index is -6.13. The second-order valence-electron chi connectivity index (χ2n) is 15.4. The molecule has 27 heteroatoms. The average Bonchev–Trinajstić information content (AvgIpc) is 3.22. The second-order valence-corrected chi connectivity index (χ2v) is 15.4. The molecule has 1 heterocycles. The van der Waals surface area contributed by atoms with Gasteiger partial charge in [-0.1, -0.05) is 66.7 Å². The number of halogens is 24. The van der Waals surface area contributed by atoms with Crippen LogP contribution in [0.15, 0.2) is 128 Å². The van der Waals surface area contributed by atoms with Crippen LogP contribution in [0.5, 0.6) is 5.75 Å². The molecule has 0 fully saturated rings. The summed E-state index contributed by atoms with van der Waals surface area (Å²) in [5.41, 5.74) is -29.0. The maximum Gasteiger partial charge on any atom is 0.416 e. The van der Waals surface area contributed by atoms with Crippen LogP contribution in [0.3, 0.4) is 0 Å². The normalized spacial score (nSPS) is 13.4. The van der Waals surface area contributed by atoms with Gasteiger partial charge < -0.3 is 0 Å². The number of aryl methyl sites for hydroxylation is 1. The SMILES string of the molecule is Cc1cccc(O[n+]2ccccc2)c1.FC(F)(F)c1cc([B-](c2cc(C(F)(F)F)cc(C(F)(F)F)c2)(c2cc(C(F)(F)F)cc(C(F)(F)F)c2)c2cc(C(F)(F)F)cc(C(F)(F)F)c2)cc(C(F)(F)F)c1. The van der Waals surface area contributed by atoms with E-state index in [1.165, 1.54) is 5.56 Å². The van der Waals surface area contributed by atoms with Crippen molar-refractivity contribution in [1.82, 2.24) is 0 Å². The van der Waals surface area contributed by atoms with Gasteiger partial charge in [0.05, 0.1) is 44.5 Å². The van der Waals surface area contributed by atoms with Crippen LogP contribution in [0.2, 0.25) is 0 Å². The summed E-state index contributed by atoms with van der Waals surface area (Å²) in [6, 6.07) is 4.96. The summed E-state index contributed by atoms with van der Waals surface area (Å²) in [6.45, 7) is 2.04. The third-order valence-electron chi connectivity index (χ3n) is 10.3. The second kappa shape index (κ2) is 18.9. The Bertz CT molecular complexity index is 2410. The maximum absolute atomic E-state index is 14.2. The quantitative estimate of drug-likeness (QED) is 0.0920. The lowest BCUT2D eigenvalue weighted by Crippen LogP contribution is -2.75. The summed E-state index contributed by atoms with van der Waals surface area (Å²) >= 11 is 0. The number of hydrogen-bond acceptors (Lipinski definition) is 1. The van der Waals surface area contributed by atoms with Crippen LogP contribution in [-0.2, 0) is 49.4 Å². The van der Waals surface area contributed by atoms with Gasteiger partial charge in [-0.3, -0.25) is 0 Å². The fourth-order valence-electron chi connectivity index (χ4n) is 7.31. The molecular weight excluding hydrogens is 1030 g/mol. The highest BCUT2D eigenvalue weighted by Crippen LogP contribution is 2.41. The predicted octanol–water partition coefficient (Wildman–Crippen LogP) is 13.3. The molecule has 0 radical (unpaired) electrons. The maximum atomic E-state index is 14.2. The molecule has 0 unspecified atom stereocenters. The standard InChI is InChI=1S/C32H12BF24.C12H12NO/c34-25(35,36)13-1-14(26(37,38)39)6-21(5-13)33(22-7-15(27(40,41)42)2-16(8-22)28(43,44)45,23-9-17(29(46,47)48)3-18(10-23)30(49,50)51)24-11-19(31(52,53)54)4-20(12-24)32(55,56)57;1-11-6-5-7-12(10-11)14-13-8-3-2-4-9-13/h1-12H;2-10H,1H3/q-1;+1. The first-order valence-corrected chi connectivity index (χ1v) is 19.2. The number of rotatable bonds is 6. The van der Waals surface area contributed by atoms with Crippen molar-refractivity contribution in [3.8, 4) is 5.75 Å². The van der Waals surface area contributed by atoms with Gasteiger partial charge in [0, 0.05) is 16.9 Å². The zero-order valence-corrected chi connectivity index (χ0v) is 34.6. The van der Waals surface area contributed by atoms with Crippen molar-refractivity contribution in [1.29, 1.82) is 0 Å². The minimum absolute atomic E-state index is 0.691. The van der Waals surface area contributed by atoms with Crippen molar-refractivity contribution in [3.63, 3.8) is 0 Å². The molecule has 0 amide bonds. The van der Waals surface area contributed by atoms with Gasteiger partial charge in [0.25, 0.3) is 0 Å². The molecule has 0 aliphatic rings. The average molecular weight is 1050 g/mol. The van der Waals surface area contributed by atoms with E-state index in [4.69, 9.17) is 4.84 Å². The Balaban J connectivity index is 0.000000569. The van der Waals surface area contributed by atoms with E-state index in [1.54, 1.807) is 4.73 Å². The van der Waals surface area contributed by atoms with Crippen molar-refractivity contribution in [2.45, 2.75) is 56.3 Å². The Morgan fingerprint density at radius 1 is 0.310 bits per heavy atom. The summed E-state index contributed by atoms with van der Waals surface area (Å²) in [5, 5.41) is 0. The summed E-state index contributed by atoms with van der Waals surface area (Å²) in [7, 11) is 0. The molecule has 0 saturated carbocycles. The smallest absolute Gasteiger partial charge is 0.232 e. The Kier molecular flexibility index (Phi) is 14.7. The van der Waals surface area contributed by atoms with Crippen LogP contribution >= 0.6 is 0 Å². The number of pyridine rings is 1. The lowest BCUT2D eigenvalue weighted by Gasteiger charge is -2.46. The number of hydrogen-bond donors (Lipinski definition) is 0. The molecule has 0 N–H and O–H groups in total. The Morgan fingerprint density at radius 3 is 0.761 bits per heavy atom. The van der Waals surface area contributed by atoms with Crippen molar-refractivity contribution in [2.24, 2.45) is 0 Å². The Morgan fingerprint density at radius 2 is 0.549 bits per heavy atom. The largest absolute Gasteiger partial charge is 0.416 e. The minimum Gasteiger partial charge on any atom is -0.232 e. The number of alkyl halides is 24. The summed E-state index contributed by atoms with van der Waals surface area (Å²) < 4.78 is 342. The van der Waals surface area contributed by atoms with Crippen LogP contribution in [0, 0.1) is 6.92 Å². The highest BCUT2D eigenvalue weighted by atomic mass is 19.4. The van der Waals surface area contributed by atoms with E-state index in [2.05, 4.69) is 0 Å². The molecule has 0 bridgehead atoms. The van der Waals surface area contributed by atoms with Crippen LogP contribution in [0.1, 0.15) is 50.1 Å². The molecule has 1 aromatic heterocycles. The predicted molar refractivity (Wildman–Crippen MR) is 204 cm³/mol. The van der Waals surface area contributed by atoms with Crippen molar-refractivity contribution in [3.05, 3.63) is 178 Å². The Labute approximate surface area is 382 Å². The van der Waals surface area contributed by atoms with Gasteiger partial charge in [0.2, 0.25) is 18.1 Å². The molecule has 0 saturated heterocycles.